The summed E-state index contributed by atoms with van der Waals surface area (Å²) in [7, 11) is 0. The molecule has 0 aliphatic heterocycles. The molecule has 1 aromatic heterocycles. The zero-order valence-corrected chi connectivity index (χ0v) is 7.69. The molecule has 1 N–H and O–H groups in total. The van der Waals surface area contributed by atoms with Crippen molar-refractivity contribution >= 4 is 27.6 Å². The van der Waals surface area contributed by atoms with Gasteiger partial charge < -0.3 is 5.11 Å². The number of carbonyl (C=O) groups is 1. The van der Waals surface area contributed by atoms with Crippen molar-refractivity contribution < 1.29 is 14.8 Å². The molecule has 0 spiro atoms. The molecule has 7 heteroatoms. The summed E-state index contributed by atoms with van der Waals surface area (Å²) in [4.78, 5) is 23.4. The lowest BCUT2D eigenvalue weighted by Crippen LogP contribution is -2.02. The van der Waals surface area contributed by atoms with Gasteiger partial charge >= 0.3 is 5.97 Å². The van der Waals surface area contributed by atoms with Crippen molar-refractivity contribution in [3.05, 3.63) is 32.5 Å². The number of hydrogen-bond donors (Lipinski definition) is 1. The Morgan fingerprint density at radius 1 is 1.69 bits per heavy atom. The predicted octanol–water partition coefficient (Wildman–Crippen LogP) is 1.45. The van der Waals surface area contributed by atoms with Crippen molar-refractivity contribution in [1.82, 2.24) is 4.98 Å². The van der Waals surface area contributed by atoms with Gasteiger partial charge in [0, 0.05) is 6.07 Å². The first-order valence-corrected chi connectivity index (χ1v) is 3.85. The Hall–Kier alpha value is -1.50. The zero-order valence-electron chi connectivity index (χ0n) is 6.10. The highest BCUT2D eigenvalue weighted by molar-refractivity contribution is 9.10. The van der Waals surface area contributed by atoms with Crippen LogP contribution in [-0.4, -0.2) is 21.0 Å². The summed E-state index contributed by atoms with van der Waals surface area (Å²) in [6, 6.07) is 1.09. The molecule has 0 saturated heterocycles. The molecule has 0 radical (unpaired) electrons. The fourth-order valence-electron chi connectivity index (χ4n) is 0.685. The van der Waals surface area contributed by atoms with Crippen molar-refractivity contribution in [2.24, 2.45) is 0 Å². The first kappa shape index (κ1) is 9.59. The topological polar surface area (TPSA) is 93.3 Å². The quantitative estimate of drug-likeness (QED) is 0.630. The summed E-state index contributed by atoms with van der Waals surface area (Å²) in [5.41, 5.74) is -0.498. The molecule has 0 aliphatic rings. The summed E-state index contributed by atoms with van der Waals surface area (Å²) < 4.78 is 0.0919. The van der Waals surface area contributed by atoms with Gasteiger partial charge in [0.15, 0.2) is 5.69 Å². The second-order valence-corrected chi connectivity index (χ2v) is 2.94. The number of carboxylic acids is 1. The highest BCUT2D eigenvalue weighted by Gasteiger charge is 2.14. The van der Waals surface area contributed by atoms with Crippen molar-refractivity contribution in [3.8, 4) is 0 Å². The average molecular weight is 247 g/mol. The number of carboxylic acid groups (broad SMARTS) is 1. The van der Waals surface area contributed by atoms with E-state index in [9.17, 15) is 14.9 Å². The normalized spacial score (nSPS) is 9.62. The molecule has 0 bridgehead atoms. The first-order chi connectivity index (χ1) is 6.02. The average Bonchev–Trinajstić information content (AvgIpc) is 2.03. The number of nitrogens with zero attached hydrogens (tertiary/aromatic N) is 2. The third-order valence-corrected chi connectivity index (χ3v) is 1.84. The second kappa shape index (κ2) is 3.48. The zero-order chi connectivity index (χ0) is 10.0. The molecule has 0 amide bonds. The predicted molar refractivity (Wildman–Crippen MR) is 45.6 cm³/mol. The Bertz CT molecular complexity index is 379. The molecular formula is C6H3BrN2O4. The van der Waals surface area contributed by atoms with Gasteiger partial charge in [-0.05, 0) is 15.9 Å². The minimum atomic E-state index is -1.23. The van der Waals surface area contributed by atoms with Crippen LogP contribution in [0.4, 0.5) is 5.69 Å². The summed E-state index contributed by atoms with van der Waals surface area (Å²) in [5, 5.41) is 18.8. The number of aromatic carboxylic acids is 1. The molecule has 0 atom stereocenters. The third kappa shape index (κ3) is 2.00. The van der Waals surface area contributed by atoms with Crippen LogP contribution in [0.25, 0.3) is 0 Å². The van der Waals surface area contributed by atoms with Crippen molar-refractivity contribution in [2.75, 3.05) is 0 Å². The Labute approximate surface area is 80.5 Å². The van der Waals surface area contributed by atoms with Crippen LogP contribution in [0.15, 0.2) is 16.7 Å². The molecular weight excluding hydrogens is 244 g/mol. The number of pyridine rings is 1. The van der Waals surface area contributed by atoms with E-state index in [1.54, 1.807) is 0 Å². The van der Waals surface area contributed by atoms with Gasteiger partial charge in [-0.1, -0.05) is 0 Å². The van der Waals surface area contributed by atoms with Crippen LogP contribution in [0.3, 0.4) is 0 Å². The van der Waals surface area contributed by atoms with Crippen LogP contribution < -0.4 is 0 Å². The van der Waals surface area contributed by atoms with Crippen molar-refractivity contribution in [1.29, 1.82) is 0 Å². The van der Waals surface area contributed by atoms with E-state index >= 15 is 0 Å². The van der Waals surface area contributed by atoms with E-state index in [1.165, 1.54) is 0 Å². The molecule has 0 fully saturated rings. The highest BCUT2D eigenvalue weighted by atomic mass is 79.9. The lowest BCUT2D eigenvalue weighted by molar-refractivity contribution is -0.385. The number of nitro groups is 1. The Kier molecular flexibility index (Phi) is 2.57. The number of rotatable bonds is 2. The van der Waals surface area contributed by atoms with Gasteiger partial charge in [0.25, 0.3) is 5.69 Å². The van der Waals surface area contributed by atoms with Crippen LogP contribution in [0.5, 0.6) is 0 Å². The minimum Gasteiger partial charge on any atom is -0.476 e. The van der Waals surface area contributed by atoms with E-state index in [4.69, 9.17) is 5.11 Å². The SMILES string of the molecule is O=C(O)c1ncc([N+](=O)[O-])cc1Br. The fraction of sp³-hybridized carbons (Fsp3) is 0. The molecule has 0 aromatic carbocycles. The Morgan fingerprint density at radius 2 is 2.31 bits per heavy atom. The molecule has 0 aliphatic carbocycles. The fourth-order valence-corrected chi connectivity index (χ4v) is 1.19. The molecule has 0 unspecified atom stereocenters. The van der Waals surface area contributed by atoms with E-state index in [1.807, 2.05) is 0 Å². The summed E-state index contributed by atoms with van der Waals surface area (Å²) in [6.45, 7) is 0. The molecule has 6 nitrogen and oxygen atoms in total. The standard InChI is InChI=1S/C6H3BrN2O4/c7-4-1-3(9(12)13)2-8-5(4)6(10)11/h1-2H,(H,10,11). The maximum Gasteiger partial charge on any atom is 0.355 e. The molecule has 1 heterocycles. The van der Waals surface area contributed by atoms with E-state index < -0.39 is 10.9 Å². The lowest BCUT2D eigenvalue weighted by atomic mass is 10.3. The lowest BCUT2D eigenvalue weighted by Gasteiger charge is -1.96. The number of hydrogen-bond acceptors (Lipinski definition) is 4. The Morgan fingerprint density at radius 3 is 2.69 bits per heavy atom. The van der Waals surface area contributed by atoms with Crippen LogP contribution in [-0.2, 0) is 0 Å². The number of halogens is 1. The first-order valence-electron chi connectivity index (χ1n) is 3.05. The maximum atomic E-state index is 10.4. The molecule has 13 heavy (non-hydrogen) atoms. The summed E-state index contributed by atoms with van der Waals surface area (Å²) >= 11 is 2.87. The van der Waals surface area contributed by atoms with Gasteiger partial charge in [-0.2, -0.15) is 0 Å². The van der Waals surface area contributed by atoms with Gasteiger partial charge in [-0.15, -0.1) is 0 Å². The molecule has 0 saturated carbocycles. The maximum absolute atomic E-state index is 10.4. The monoisotopic (exact) mass is 246 g/mol. The molecule has 68 valence electrons. The highest BCUT2D eigenvalue weighted by Crippen LogP contribution is 2.20. The van der Waals surface area contributed by atoms with Gasteiger partial charge in [0.2, 0.25) is 0 Å². The smallest absolute Gasteiger partial charge is 0.355 e. The summed E-state index contributed by atoms with van der Waals surface area (Å²) in [6.07, 6.45) is 0.897. The van der Waals surface area contributed by atoms with Gasteiger partial charge in [0.05, 0.1) is 9.40 Å². The summed E-state index contributed by atoms with van der Waals surface area (Å²) in [5.74, 6) is -1.23. The van der Waals surface area contributed by atoms with E-state index in [0.29, 0.717) is 0 Å². The van der Waals surface area contributed by atoms with E-state index in [2.05, 4.69) is 20.9 Å². The van der Waals surface area contributed by atoms with Crippen LogP contribution >= 0.6 is 15.9 Å². The second-order valence-electron chi connectivity index (χ2n) is 2.09. The molecule has 1 aromatic rings. The number of aromatic nitrogens is 1. The van der Waals surface area contributed by atoms with Gasteiger partial charge in [0.1, 0.15) is 6.20 Å². The van der Waals surface area contributed by atoms with Crippen molar-refractivity contribution in [2.45, 2.75) is 0 Å². The molecule has 1 rings (SSSR count). The van der Waals surface area contributed by atoms with Crippen LogP contribution in [0.1, 0.15) is 10.5 Å². The van der Waals surface area contributed by atoms with E-state index in [-0.39, 0.29) is 15.9 Å². The largest absolute Gasteiger partial charge is 0.476 e. The minimum absolute atomic E-state index is 0.0919. The van der Waals surface area contributed by atoms with Crippen LogP contribution in [0, 0.1) is 10.1 Å². The van der Waals surface area contributed by atoms with Gasteiger partial charge in [-0.3, -0.25) is 10.1 Å². The van der Waals surface area contributed by atoms with Crippen molar-refractivity contribution in [3.63, 3.8) is 0 Å². The van der Waals surface area contributed by atoms with E-state index in [0.717, 1.165) is 12.3 Å². The van der Waals surface area contributed by atoms with Gasteiger partial charge in [-0.25, -0.2) is 9.78 Å². The van der Waals surface area contributed by atoms with Crippen LogP contribution in [0.2, 0.25) is 0 Å². The third-order valence-electron chi connectivity index (χ3n) is 1.24. The Balaban J connectivity index is 3.20.